The van der Waals surface area contributed by atoms with E-state index in [2.05, 4.69) is 0 Å². The molecular formula is C14H22N2O4. The van der Waals surface area contributed by atoms with Crippen molar-refractivity contribution in [2.75, 3.05) is 19.7 Å². The van der Waals surface area contributed by atoms with Crippen LogP contribution < -0.4 is 0 Å². The first-order valence-corrected chi connectivity index (χ1v) is 7.28. The fraction of sp³-hybridized carbons (Fsp3) is 0.857. The van der Waals surface area contributed by atoms with Crippen LogP contribution in [0.1, 0.15) is 33.6 Å². The Kier molecular flexibility index (Phi) is 3.06. The van der Waals surface area contributed by atoms with Crippen molar-refractivity contribution in [1.82, 2.24) is 9.80 Å². The van der Waals surface area contributed by atoms with E-state index in [9.17, 15) is 9.59 Å². The largest absolute Gasteiger partial charge is 0.447 e. The summed E-state index contributed by atoms with van der Waals surface area (Å²) in [6, 6.07) is 0.0116. The fourth-order valence-corrected chi connectivity index (χ4v) is 3.42. The van der Waals surface area contributed by atoms with Crippen LogP contribution in [-0.4, -0.2) is 59.4 Å². The second kappa shape index (κ2) is 4.53. The van der Waals surface area contributed by atoms with Gasteiger partial charge in [-0.2, -0.15) is 0 Å². The Morgan fingerprint density at radius 3 is 2.70 bits per heavy atom. The number of hydrogen-bond donors (Lipinski definition) is 0. The number of ether oxygens (including phenoxy) is 2. The van der Waals surface area contributed by atoms with Crippen molar-refractivity contribution < 1.29 is 19.1 Å². The first-order chi connectivity index (χ1) is 9.35. The number of fused-ring (bicyclic) bond motifs is 2. The van der Waals surface area contributed by atoms with Crippen LogP contribution in [0.4, 0.5) is 9.59 Å². The molecule has 4 aliphatic rings. The Hall–Kier alpha value is -1.46. The van der Waals surface area contributed by atoms with Crippen LogP contribution in [-0.2, 0) is 9.47 Å². The third-order valence-electron chi connectivity index (χ3n) is 4.27. The van der Waals surface area contributed by atoms with Crippen LogP contribution in [0, 0.1) is 5.92 Å². The predicted octanol–water partition coefficient (Wildman–Crippen LogP) is 1.84. The van der Waals surface area contributed by atoms with E-state index in [1.54, 1.807) is 4.90 Å². The second-order valence-corrected chi connectivity index (χ2v) is 6.94. The second-order valence-electron chi connectivity index (χ2n) is 6.94. The molecule has 0 aromatic carbocycles. The van der Waals surface area contributed by atoms with Crippen molar-refractivity contribution in [2.24, 2.45) is 5.92 Å². The molecule has 4 aliphatic heterocycles. The Bertz CT molecular complexity index is 431. The van der Waals surface area contributed by atoms with E-state index in [0.717, 1.165) is 12.8 Å². The maximum absolute atomic E-state index is 12.4. The lowest BCUT2D eigenvalue weighted by Crippen LogP contribution is -2.53. The molecule has 4 fully saturated rings. The third-order valence-corrected chi connectivity index (χ3v) is 4.27. The van der Waals surface area contributed by atoms with E-state index in [-0.39, 0.29) is 24.3 Å². The Balaban J connectivity index is 1.80. The Morgan fingerprint density at radius 1 is 1.25 bits per heavy atom. The molecule has 4 heterocycles. The summed E-state index contributed by atoms with van der Waals surface area (Å²) in [6.45, 7) is 7.37. The minimum Gasteiger partial charge on any atom is -0.447 e. The average Bonchev–Trinajstić information content (AvgIpc) is 2.56. The molecule has 3 atom stereocenters. The number of amides is 2. The highest BCUT2D eigenvalue weighted by Crippen LogP contribution is 2.35. The summed E-state index contributed by atoms with van der Waals surface area (Å²) < 4.78 is 10.6. The zero-order valence-electron chi connectivity index (χ0n) is 12.3. The molecule has 20 heavy (non-hydrogen) atoms. The molecular weight excluding hydrogens is 260 g/mol. The van der Waals surface area contributed by atoms with Crippen LogP contribution in [0.5, 0.6) is 0 Å². The number of piperidine rings is 1. The molecule has 4 rings (SSSR count). The van der Waals surface area contributed by atoms with Crippen LogP contribution in [0.25, 0.3) is 0 Å². The van der Waals surface area contributed by atoms with Crippen LogP contribution in [0.15, 0.2) is 0 Å². The van der Waals surface area contributed by atoms with Crippen LogP contribution in [0.3, 0.4) is 0 Å². The number of carbonyl (C=O) groups excluding carboxylic acids is 2. The normalized spacial score (nSPS) is 32.8. The Labute approximate surface area is 119 Å². The molecule has 0 aliphatic carbocycles. The zero-order chi connectivity index (χ0) is 14.5. The van der Waals surface area contributed by atoms with Gasteiger partial charge in [0.1, 0.15) is 12.2 Å². The van der Waals surface area contributed by atoms with Gasteiger partial charge >= 0.3 is 12.2 Å². The molecule has 0 unspecified atom stereocenters. The number of hydrogen-bond acceptors (Lipinski definition) is 4. The molecule has 0 N–H and O–H groups in total. The van der Waals surface area contributed by atoms with Gasteiger partial charge in [-0.15, -0.1) is 0 Å². The van der Waals surface area contributed by atoms with Gasteiger partial charge in [0.15, 0.2) is 0 Å². The van der Waals surface area contributed by atoms with E-state index in [4.69, 9.17) is 9.47 Å². The van der Waals surface area contributed by atoms with Crippen molar-refractivity contribution in [3.05, 3.63) is 0 Å². The van der Waals surface area contributed by atoms with Crippen molar-refractivity contribution in [2.45, 2.75) is 51.3 Å². The minimum atomic E-state index is -0.496. The number of cyclic esters (lactones) is 1. The summed E-state index contributed by atoms with van der Waals surface area (Å²) in [5.41, 5.74) is -0.496. The van der Waals surface area contributed by atoms with Crippen molar-refractivity contribution in [3.63, 3.8) is 0 Å². The summed E-state index contributed by atoms with van der Waals surface area (Å²) in [4.78, 5) is 27.8. The van der Waals surface area contributed by atoms with Gasteiger partial charge < -0.3 is 14.4 Å². The SMILES string of the molecule is CC(C)(C)OC(=O)N1C[C@@H]2CC[C@H]1[C@H]1COC(=O)N1C2. The quantitative estimate of drug-likeness (QED) is 0.680. The highest BCUT2D eigenvalue weighted by atomic mass is 16.6. The summed E-state index contributed by atoms with van der Waals surface area (Å²) in [5, 5.41) is 0. The van der Waals surface area contributed by atoms with E-state index < -0.39 is 5.60 Å². The predicted molar refractivity (Wildman–Crippen MR) is 71.3 cm³/mol. The summed E-state index contributed by atoms with van der Waals surface area (Å²) >= 11 is 0. The molecule has 6 heteroatoms. The molecule has 112 valence electrons. The monoisotopic (exact) mass is 282 g/mol. The molecule has 6 nitrogen and oxygen atoms in total. The topological polar surface area (TPSA) is 59.1 Å². The smallest absolute Gasteiger partial charge is 0.410 e. The molecule has 0 aromatic heterocycles. The lowest BCUT2D eigenvalue weighted by molar-refractivity contribution is 0.00253. The summed E-state index contributed by atoms with van der Waals surface area (Å²) in [6.07, 6.45) is 1.47. The molecule has 0 spiro atoms. The summed E-state index contributed by atoms with van der Waals surface area (Å²) in [5.74, 6) is 0.328. The van der Waals surface area contributed by atoms with Crippen molar-refractivity contribution >= 4 is 12.2 Å². The number of carbonyl (C=O) groups is 2. The van der Waals surface area contributed by atoms with E-state index in [1.807, 2.05) is 25.7 Å². The molecule has 0 aromatic rings. The first kappa shape index (κ1) is 13.5. The lowest BCUT2D eigenvalue weighted by Gasteiger charge is -2.38. The van der Waals surface area contributed by atoms with Gasteiger partial charge in [-0.25, -0.2) is 9.59 Å². The zero-order valence-corrected chi connectivity index (χ0v) is 12.3. The molecule has 2 amide bonds. The number of rotatable bonds is 0. The lowest BCUT2D eigenvalue weighted by atomic mass is 9.93. The van der Waals surface area contributed by atoms with Crippen LogP contribution >= 0.6 is 0 Å². The fourth-order valence-electron chi connectivity index (χ4n) is 3.42. The van der Waals surface area contributed by atoms with Crippen LogP contribution in [0.2, 0.25) is 0 Å². The summed E-state index contributed by atoms with van der Waals surface area (Å²) in [7, 11) is 0. The first-order valence-electron chi connectivity index (χ1n) is 7.28. The van der Waals surface area contributed by atoms with E-state index in [1.165, 1.54) is 0 Å². The standard InChI is InChI=1S/C14H22N2O4/c1-14(2,3)20-13(18)15-6-9-4-5-10(15)11-8-19-12(17)16(11)7-9/h9-11H,4-8H2,1-3H3/t9-,10-,11+/m0/s1. The van der Waals surface area contributed by atoms with Gasteiger partial charge in [0.05, 0.1) is 12.1 Å². The molecule has 4 saturated heterocycles. The number of nitrogens with zero attached hydrogens (tertiary/aromatic N) is 2. The van der Waals surface area contributed by atoms with Gasteiger partial charge in [-0.1, -0.05) is 0 Å². The molecule has 0 saturated carbocycles. The maximum atomic E-state index is 12.4. The average molecular weight is 282 g/mol. The van der Waals surface area contributed by atoms with Crippen molar-refractivity contribution in [3.8, 4) is 0 Å². The van der Waals surface area contributed by atoms with E-state index in [0.29, 0.717) is 25.6 Å². The minimum absolute atomic E-state index is 0.0116. The van der Waals surface area contributed by atoms with Gasteiger partial charge in [-0.05, 0) is 39.5 Å². The maximum Gasteiger partial charge on any atom is 0.410 e. The highest BCUT2D eigenvalue weighted by Gasteiger charge is 2.49. The van der Waals surface area contributed by atoms with Gasteiger partial charge in [0.2, 0.25) is 0 Å². The third kappa shape index (κ3) is 2.31. The molecule has 0 radical (unpaired) electrons. The van der Waals surface area contributed by atoms with Gasteiger partial charge in [-0.3, -0.25) is 4.90 Å². The van der Waals surface area contributed by atoms with Gasteiger partial charge in [0, 0.05) is 13.1 Å². The van der Waals surface area contributed by atoms with Crippen molar-refractivity contribution in [1.29, 1.82) is 0 Å². The van der Waals surface area contributed by atoms with Gasteiger partial charge in [0.25, 0.3) is 0 Å². The molecule has 2 bridgehead atoms. The Morgan fingerprint density at radius 2 is 2.00 bits per heavy atom. The highest BCUT2D eigenvalue weighted by molar-refractivity contribution is 5.72. The van der Waals surface area contributed by atoms with E-state index >= 15 is 0 Å².